The van der Waals surface area contributed by atoms with Crippen LogP contribution in [-0.2, 0) is 27.3 Å². The Bertz CT molecular complexity index is 892. The average Bonchev–Trinajstić information content (AvgIpc) is 3.39. The number of aryl methyl sites for hydroxylation is 1. The second kappa shape index (κ2) is 10.3. The fourth-order valence-corrected chi connectivity index (χ4v) is 4.69. The number of hydrogen-bond acceptors (Lipinski definition) is 6. The van der Waals surface area contributed by atoms with Crippen molar-refractivity contribution in [1.82, 2.24) is 9.88 Å². The van der Waals surface area contributed by atoms with E-state index in [-0.39, 0.29) is 24.2 Å². The van der Waals surface area contributed by atoms with Crippen LogP contribution < -0.4 is 10.2 Å². The highest BCUT2D eigenvalue weighted by Crippen LogP contribution is 2.27. The van der Waals surface area contributed by atoms with Crippen LogP contribution in [0.5, 0.6) is 0 Å². The molecule has 31 heavy (non-hydrogen) atoms. The number of aromatic nitrogens is 1. The van der Waals surface area contributed by atoms with Crippen LogP contribution in [0.25, 0.3) is 0 Å². The van der Waals surface area contributed by atoms with Crippen molar-refractivity contribution in [2.75, 3.05) is 43.1 Å². The second-order valence-corrected chi connectivity index (χ2v) is 9.06. The number of morpholine rings is 1. The quantitative estimate of drug-likeness (QED) is 0.679. The first kappa shape index (κ1) is 21.9. The molecule has 2 aromatic rings. The van der Waals surface area contributed by atoms with E-state index >= 15 is 0 Å². The van der Waals surface area contributed by atoms with Crippen molar-refractivity contribution in [2.45, 2.75) is 39.2 Å². The molecule has 0 saturated carbocycles. The number of carbonyl (C=O) groups is 2. The van der Waals surface area contributed by atoms with Crippen LogP contribution in [0.2, 0.25) is 0 Å². The lowest BCUT2D eigenvalue weighted by Gasteiger charge is -2.25. The van der Waals surface area contributed by atoms with Gasteiger partial charge in [0.05, 0.1) is 24.8 Å². The molecule has 2 fully saturated rings. The van der Waals surface area contributed by atoms with Crippen molar-refractivity contribution in [3.8, 4) is 0 Å². The SMILES string of the molecule is CCCCc1ccc(N2CC(C(=O)Nc3nc(CN4CCOCC4)cs3)CC2=O)cc1. The molecule has 1 unspecified atom stereocenters. The average molecular weight is 443 g/mol. The van der Waals surface area contributed by atoms with Gasteiger partial charge in [-0.1, -0.05) is 25.5 Å². The van der Waals surface area contributed by atoms with Crippen LogP contribution in [0.15, 0.2) is 29.6 Å². The molecule has 2 aliphatic heterocycles. The first-order valence-corrected chi connectivity index (χ1v) is 11.9. The molecule has 7 nitrogen and oxygen atoms in total. The smallest absolute Gasteiger partial charge is 0.231 e. The minimum Gasteiger partial charge on any atom is -0.379 e. The van der Waals surface area contributed by atoms with Gasteiger partial charge in [-0.3, -0.25) is 14.5 Å². The third-order valence-corrected chi connectivity index (χ3v) is 6.64. The number of ether oxygens (including phenoxy) is 1. The minimum atomic E-state index is -0.362. The van der Waals surface area contributed by atoms with Gasteiger partial charge in [0.25, 0.3) is 0 Å². The summed E-state index contributed by atoms with van der Waals surface area (Å²) >= 11 is 1.43. The Morgan fingerprint density at radius 2 is 2.03 bits per heavy atom. The molecular weight excluding hydrogens is 412 g/mol. The lowest BCUT2D eigenvalue weighted by molar-refractivity contribution is -0.122. The minimum absolute atomic E-state index is 0.00592. The van der Waals surface area contributed by atoms with E-state index in [0.29, 0.717) is 11.7 Å². The van der Waals surface area contributed by atoms with Gasteiger partial charge in [-0.05, 0) is 30.5 Å². The summed E-state index contributed by atoms with van der Waals surface area (Å²) in [6, 6.07) is 8.14. The molecule has 0 radical (unpaired) electrons. The molecule has 1 aromatic heterocycles. The molecule has 3 heterocycles. The van der Waals surface area contributed by atoms with Crippen molar-refractivity contribution in [3.05, 3.63) is 40.9 Å². The van der Waals surface area contributed by atoms with E-state index in [1.807, 2.05) is 17.5 Å². The third kappa shape index (κ3) is 5.70. The number of nitrogens with zero attached hydrogens (tertiary/aromatic N) is 3. The molecule has 4 rings (SSSR count). The molecule has 1 atom stereocenters. The predicted molar refractivity (Wildman–Crippen MR) is 122 cm³/mol. The van der Waals surface area contributed by atoms with E-state index in [2.05, 4.69) is 34.3 Å². The number of anilines is 2. The normalized spacial score (nSPS) is 19.7. The number of nitrogens with one attached hydrogen (secondary N) is 1. The maximum absolute atomic E-state index is 12.8. The highest BCUT2D eigenvalue weighted by molar-refractivity contribution is 7.13. The number of hydrogen-bond donors (Lipinski definition) is 1. The van der Waals surface area contributed by atoms with Crippen molar-refractivity contribution in [3.63, 3.8) is 0 Å². The van der Waals surface area contributed by atoms with E-state index in [0.717, 1.165) is 63.5 Å². The molecule has 0 spiro atoms. The zero-order valence-corrected chi connectivity index (χ0v) is 18.8. The predicted octanol–water partition coefficient (Wildman–Crippen LogP) is 3.31. The van der Waals surface area contributed by atoms with Gasteiger partial charge in [-0.2, -0.15) is 0 Å². The van der Waals surface area contributed by atoms with E-state index < -0.39 is 0 Å². The van der Waals surface area contributed by atoms with Crippen LogP contribution in [0.4, 0.5) is 10.8 Å². The van der Waals surface area contributed by atoms with Crippen molar-refractivity contribution in [1.29, 1.82) is 0 Å². The molecule has 1 aromatic carbocycles. The van der Waals surface area contributed by atoms with E-state index in [1.165, 1.54) is 16.9 Å². The monoisotopic (exact) mass is 442 g/mol. The summed E-state index contributed by atoms with van der Waals surface area (Å²) in [5.41, 5.74) is 3.10. The lowest BCUT2D eigenvalue weighted by Crippen LogP contribution is -2.35. The van der Waals surface area contributed by atoms with Gasteiger partial charge in [0.2, 0.25) is 11.8 Å². The van der Waals surface area contributed by atoms with Gasteiger partial charge in [0, 0.05) is 43.7 Å². The van der Waals surface area contributed by atoms with Crippen LogP contribution in [0, 0.1) is 5.92 Å². The van der Waals surface area contributed by atoms with E-state index in [9.17, 15) is 9.59 Å². The summed E-state index contributed by atoms with van der Waals surface area (Å²) < 4.78 is 5.37. The molecule has 166 valence electrons. The Kier molecular flexibility index (Phi) is 7.32. The van der Waals surface area contributed by atoms with Crippen LogP contribution >= 0.6 is 11.3 Å². The molecule has 0 bridgehead atoms. The standard InChI is InChI=1S/C23H30N4O3S/c1-2-3-4-17-5-7-20(8-6-17)27-14-18(13-21(27)28)22(29)25-23-24-19(16-31-23)15-26-9-11-30-12-10-26/h5-8,16,18H,2-4,9-15H2,1H3,(H,24,25,29). The maximum atomic E-state index is 12.8. The maximum Gasteiger partial charge on any atom is 0.231 e. The first-order chi connectivity index (χ1) is 15.1. The summed E-state index contributed by atoms with van der Waals surface area (Å²) in [6.45, 7) is 6.66. The summed E-state index contributed by atoms with van der Waals surface area (Å²) in [5, 5.41) is 5.49. The molecule has 8 heteroatoms. The van der Waals surface area contributed by atoms with Crippen molar-refractivity contribution < 1.29 is 14.3 Å². The van der Waals surface area contributed by atoms with Crippen LogP contribution in [0.1, 0.15) is 37.4 Å². The van der Waals surface area contributed by atoms with Gasteiger partial charge >= 0.3 is 0 Å². The molecule has 1 N–H and O–H groups in total. The molecule has 2 amide bonds. The van der Waals surface area contributed by atoms with Gasteiger partial charge in [0.1, 0.15) is 0 Å². The summed E-state index contributed by atoms with van der Waals surface area (Å²) in [4.78, 5) is 33.9. The van der Waals surface area contributed by atoms with Gasteiger partial charge in [-0.15, -0.1) is 11.3 Å². The largest absolute Gasteiger partial charge is 0.379 e. The van der Waals surface area contributed by atoms with Crippen molar-refractivity contribution in [2.24, 2.45) is 5.92 Å². The molecular formula is C23H30N4O3S. The number of amides is 2. The highest BCUT2D eigenvalue weighted by atomic mass is 32.1. The number of benzene rings is 1. The zero-order chi connectivity index (χ0) is 21.6. The topological polar surface area (TPSA) is 74.8 Å². The zero-order valence-electron chi connectivity index (χ0n) is 18.0. The Balaban J connectivity index is 1.31. The fraction of sp³-hybridized carbons (Fsp3) is 0.522. The number of carbonyl (C=O) groups excluding carboxylic acids is 2. The fourth-order valence-electron chi connectivity index (χ4n) is 3.99. The van der Waals surface area contributed by atoms with Crippen LogP contribution in [-0.4, -0.2) is 54.5 Å². The summed E-state index contributed by atoms with van der Waals surface area (Å²) in [6.07, 6.45) is 3.61. The Hall–Kier alpha value is -2.29. The highest BCUT2D eigenvalue weighted by Gasteiger charge is 2.35. The Labute approximate surface area is 187 Å². The summed E-state index contributed by atoms with van der Waals surface area (Å²) in [5.74, 6) is -0.504. The lowest BCUT2D eigenvalue weighted by atomic mass is 10.1. The molecule has 2 aliphatic rings. The number of thiazole rings is 1. The Morgan fingerprint density at radius 1 is 1.26 bits per heavy atom. The molecule has 0 aliphatic carbocycles. The third-order valence-electron chi connectivity index (χ3n) is 5.83. The Morgan fingerprint density at radius 3 is 2.77 bits per heavy atom. The molecule has 2 saturated heterocycles. The van der Waals surface area contributed by atoms with E-state index in [1.54, 1.807) is 4.90 Å². The number of rotatable bonds is 8. The number of unbranched alkanes of at least 4 members (excludes halogenated alkanes) is 1. The van der Waals surface area contributed by atoms with E-state index in [4.69, 9.17) is 4.74 Å². The van der Waals surface area contributed by atoms with Gasteiger partial charge < -0.3 is 15.0 Å². The van der Waals surface area contributed by atoms with Crippen molar-refractivity contribution >= 4 is 34.0 Å². The summed E-state index contributed by atoms with van der Waals surface area (Å²) in [7, 11) is 0. The second-order valence-electron chi connectivity index (χ2n) is 8.20. The van der Waals surface area contributed by atoms with Gasteiger partial charge in [0.15, 0.2) is 5.13 Å². The first-order valence-electron chi connectivity index (χ1n) is 11.1. The van der Waals surface area contributed by atoms with Gasteiger partial charge in [-0.25, -0.2) is 4.98 Å². The van der Waals surface area contributed by atoms with Crippen LogP contribution in [0.3, 0.4) is 0 Å².